The minimum Gasteiger partial charge on any atom is -0.378 e. The van der Waals surface area contributed by atoms with Crippen LogP contribution in [0.4, 0.5) is 11.4 Å². The summed E-state index contributed by atoms with van der Waals surface area (Å²) in [4.78, 5) is 26.9. The summed E-state index contributed by atoms with van der Waals surface area (Å²) in [6.07, 6.45) is 3.89. The predicted molar refractivity (Wildman–Crippen MR) is 102 cm³/mol. The van der Waals surface area contributed by atoms with Crippen molar-refractivity contribution in [2.45, 2.75) is 32.6 Å². The first-order valence-corrected chi connectivity index (χ1v) is 9.71. The van der Waals surface area contributed by atoms with Crippen molar-refractivity contribution in [3.8, 4) is 0 Å². The predicted octanol–water partition coefficient (Wildman–Crippen LogP) is 2.40. The van der Waals surface area contributed by atoms with Gasteiger partial charge in [-0.25, -0.2) is 0 Å². The highest BCUT2D eigenvalue weighted by Gasteiger charge is 2.48. The average molecular weight is 359 g/mol. The van der Waals surface area contributed by atoms with E-state index in [0.29, 0.717) is 26.2 Å². The number of hydrogen-bond acceptors (Lipinski definition) is 4. The summed E-state index contributed by atoms with van der Waals surface area (Å²) in [7, 11) is 0. The first-order valence-electron chi connectivity index (χ1n) is 9.71. The Morgan fingerprint density at radius 1 is 1.12 bits per heavy atom. The second-order valence-electron chi connectivity index (χ2n) is 7.05. The Bertz CT molecular complexity index is 628. The van der Waals surface area contributed by atoms with E-state index in [1.807, 2.05) is 24.3 Å². The molecule has 1 aromatic rings. The van der Waals surface area contributed by atoms with Gasteiger partial charge in [0.1, 0.15) is 0 Å². The zero-order chi connectivity index (χ0) is 18.4. The molecule has 26 heavy (non-hydrogen) atoms. The fourth-order valence-corrected chi connectivity index (χ4v) is 3.38. The van der Waals surface area contributed by atoms with Gasteiger partial charge in [0.05, 0.1) is 36.4 Å². The van der Waals surface area contributed by atoms with E-state index in [4.69, 9.17) is 4.74 Å². The first kappa shape index (κ1) is 18.7. The summed E-state index contributed by atoms with van der Waals surface area (Å²) in [5.41, 5.74) is 1.83. The molecule has 1 aliphatic carbocycles. The van der Waals surface area contributed by atoms with E-state index in [1.54, 1.807) is 0 Å². The molecule has 1 aromatic carbocycles. The molecule has 2 amide bonds. The maximum Gasteiger partial charge on any atom is 0.228 e. The molecule has 0 radical (unpaired) electrons. The van der Waals surface area contributed by atoms with Gasteiger partial charge in [0.2, 0.25) is 11.8 Å². The first-order chi connectivity index (χ1) is 12.7. The second-order valence-corrected chi connectivity index (χ2v) is 7.05. The molecule has 142 valence electrons. The number of carbonyl (C=O) groups excluding carboxylic acids is 2. The highest BCUT2D eigenvalue weighted by molar-refractivity contribution is 6.01. The Hall–Kier alpha value is -2.08. The van der Waals surface area contributed by atoms with Crippen molar-refractivity contribution in [2.24, 2.45) is 11.8 Å². The van der Waals surface area contributed by atoms with Crippen LogP contribution in [-0.2, 0) is 14.3 Å². The third-order valence-corrected chi connectivity index (χ3v) is 5.06. The molecule has 3 rings (SSSR count). The molecule has 0 spiro atoms. The molecule has 6 heteroatoms. The number of rotatable bonds is 8. The van der Waals surface area contributed by atoms with Gasteiger partial charge in [0.25, 0.3) is 0 Å². The maximum absolute atomic E-state index is 12.6. The van der Waals surface area contributed by atoms with Gasteiger partial charge in [-0.05, 0) is 25.0 Å². The molecule has 1 aliphatic heterocycles. The Morgan fingerprint density at radius 3 is 2.62 bits per heavy atom. The van der Waals surface area contributed by atoms with Gasteiger partial charge in [-0.3, -0.25) is 9.59 Å². The smallest absolute Gasteiger partial charge is 0.228 e. The minimum atomic E-state index is -0.209. The number of benzene rings is 1. The number of carbonyl (C=O) groups is 2. The number of hydrogen-bond donors (Lipinski definition) is 2. The molecule has 1 saturated carbocycles. The Labute approximate surface area is 155 Å². The van der Waals surface area contributed by atoms with Crippen molar-refractivity contribution >= 4 is 23.2 Å². The average Bonchev–Trinajstić information content (AvgIpc) is 3.47. The molecule has 0 bridgehead atoms. The molecule has 1 heterocycles. The Balaban J connectivity index is 1.52. The van der Waals surface area contributed by atoms with E-state index < -0.39 is 0 Å². The van der Waals surface area contributed by atoms with Crippen LogP contribution in [0, 0.1) is 11.8 Å². The van der Waals surface area contributed by atoms with Crippen LogP contribution in [0.25, 0.3) is 0 Å². The lowest BCUT2D eigenvalue weighted by atomic mass is 10.2. The van der Waals surface area contributed by atoms with E-state index in [-0.39, 0.29) is 23.7 Å². The number of nitrogens with one attached hydrogen (secondary N) is 2. The maximum atomic E-state index is 12.6. The van der Waals surface area contributed by atoms with Crippen molar-refractivity contribution in [3.05, 3.63) is 24.3 Å². The van der Waals surface area contributed by atoms with E-state index in [2.05, 4.69) is 22.5 Å². The number of anilines is 2. The van der Waals surface area contributed by atoms with Crippen LogP contribution in [0.3, 0.4) is 0 Å². The van der Waals surface area contributed by atoms with Gasteiger partial charge in [0, 0.05) is 19.6 Å². The van der Waals surface area contributed by atoms with Crippen LogP contribution in [0.5, 0.6) is 0 Å². The van der Waals surface area contributed by atoms with Gasteiger partial charge in [-0.2, -0.15) is 0 Å². The lowest BCUT2D eigenvalue weighted by molar-refractivity contribution is -0.125. The quantitative estimate of drug-likeness (QED) is 0.699. The van der Waals surface area contributed by atoms with Crippen LogP contribution in [-0.4, -0.2) is 44.7 Å². The van der Waals surface area contributed by atoms with E-state index in [1.165, 1.54) is 0 Å². The summed E-state index contributed by atoms with van der Waals surface area (Å²) < 4.78 is 5.40. The van der Waals surface area contributed by atoms with Gasteiger partial charge >= 0.3 is 0 Å². The summed E-state index contributed by atoms with van der Waals surface area (Å²) in [5, 5.41) is 5.98. The largest absolute Gasteiger partial charge is 0.378 e. The Kier molecular flexibility index (Phi) is 6.50. The molecule has 1 saturated heterocycles. The third-order valence-electron chi connectivity index (χ3n) is 5.06. The molecule has 2 N–H and O–H groups in total. The van der Waals surface area contributed by atoms with Crippen LogP contribution in [0.1, 0.15) is 32.6 Å². The summed E-state index contributed by atoms with van der Waals surface area (Å²) in [6, 6.07) is 7.84. The fourth-order valence-electron chi connectivity index (χ4n) is 3.38. The zero-order valence-corrected chi connectivity index (χ0v) is 15.5. The molecule has 6 nitrogen and oxygen atoms in total. The second kappa shape index (κ2) is 9.03. The molecular formula is C20H29N3O3. The molecule has 2 atom stereocenters. The molecule has 0 aromatic heterocycles. The fraction of sp³-hybridized carbons (Fsp3) is 0.600. The zero-order valence-electron chi connectivity index (χ0n) is 15.5. The minimum absolute atomic E-state index is 0.0164. The van der Waals surface area contributed by atoms with Crippen molar-refractivity contribution in [1.29, 1.82) is 0 Å². The summed E-state index contributed by atoms with van der Waals surface area (Å²) >= 11 is 0. The SMILES string of the molecule is CCCCCNC(=O)C1CC1C(=O)Nc1ccccc1N1CCOCC1. The summed E-state index contributed by atoms with van der Waals surface area (Å²) in [6.45, 7) is 5.88. The number of morpholine rings is 1. The normalized spacial score (nSPS) is 22.0. The van der Waals surface area contributed by atoms with Crippen molar-refractivity contribution in [3.63, 3.8) is 0 Å². The number of amides is 2. The molecule has 2 fully saturated rings. The summed E-state index contributed by atoms with van der Waals surface area (Å²) in [5.74, 6) is -0.423. The number of nitrogens with zero attached hydrogens (tertiary/aromatic N) is 1. The Morgan fingerprint density at radius 2 is 1.85 bits per heavy atom. The van der Waals surface area contributed by atoms with Crippen LogP contribution >= 0.6 is 0 Å². The van der Waals surface area contributed by atoms with Gasteiger partial charge in [0.15, 0.2) is 0 Å². The van der Waals surface area contributed by atoms with Gasteiger partial charge in [-0.15, -0.1) is 0 Å². The third kappa shape index (κ3) is 4.75. The van der Waals surface area contributed by atoms with Crippen molar-refractivity contribution in [1.82, 2.24) is 5.32 Å². The number of para-hydroxylation sites is 2. The van der Waals surface area contributed by atoms with E-state index in [0.717, 1.165) is 43.7 Å². The van der Waals surface area contributed by atoms with Crippen molar-refractivity contribution < 1.29 is 14.3 Å². The lowest BCUT2D eigenvalue weighted by Gasteiger charge is -2.30. The molecular weight excluding hydrogens is 330 g/mol. The number of unbranched alkanes of at least 4 members (excludes halogenated alkanes) is 2. The van der Waals surface area contributed by atoms with E-state index >= 15 is 0 Å². The van der Waals surface area contributed by atoms with Gasteiger partial charge < -0.3 is 20.3 Å². The lowest BCUT2D eigenvalue weighted by Crippen LogP contribution is -2.36. The highest BCUT2D eigenvalue weighted by Crippen LogP contribution is 2.40. The van der Waals surface area contributed by atoms with Gasteiger partial charge in [-0.1, -0.05) is 31.9 Å². The number of ether oxygens (including phenoxy) is 1. The van der Waals surface area contributed by atoms with Crippen LogP contribution < -0.4 is 15.5 Å². The highest BCUT2D eigenvalue weighted by atomic mass is 16.5. The molecule has 2 unspecified atom stereocenters. The molecule has 2 aliphatic rings. The standard InChI is InChI=1S/C20H29N3O3/c1-2-3-6-9-21-19(24)15-14-16(15)20(25)22-17-7-4-5-8-18(17)23-10-12-26-13-11-23/h4-5,7-8,15-16H,2-3,6,9-14H2,1H3,(H,21,24)(H,22,25). The van der Waals surface area contributed by atoms with Crippen LogP contribution in [0.2, 0.25) is 0 Å². The van der Waals surface area contributed by atoms with Crippen LogP contribution in [0.15, 0.2) is 24.3 Å². The monoisotopic (exact) mass is 359 g/mol. The topological polar surface area (TPSA) is 70.7 Å². The van der Waals surface area contributed by atoms with Crippen molar-refractivity contribution in [2.75, 3.05) is 43.1 Å². The van der Waals surface area contributed by atoms with E-state index in [9.17, 15) is 9.59 Å².